The molecule has 0 spiro atoms. The summed E-state index contributed by atoms with van der Waals surface area (Å²) < 4.78 is 46.6. The average molecular weight is 443 g/mol. The van der Waals surface area contributed by atoms with E-state index >= 15 is 0 Å². The van der Waals surface area contributed by atoms with Gasteiger partial charge in [-0.1, -0.05) is 11.2 Å². The van der Waals surface area contributed by atoms with E-state index in [0.717, 1.165) is 16.7 Å². The zero-order valence-corrected chi connectivity index (χ0v) is 16.9. The molecular formula is C21H16F3N5O3. The highest BCUT2D eigenvalue weighted by molar-refractivity contribution is 5.97. The van der Waals surface area contributed by atoms with Gasteiger partial charge in [-0.2, -0.15) is 13.2 Å². The normalized spacial score (nSPS) is 11.7. The van der Waals surface area contributed by atoms with Gasteiger partial charge >= 0.3 is 11.9 Å². The summed E-state index contributed by atoms with van der Waals surface area (Å²) in [5, 5.41) is 3.64. The molecule has 11 heteroatoms. The molecule has 8 nitrogen and oxygen atoms in total. The lowest BCUT2D eigenvalue weighted by molar-refractivity contribution is -0.137. The van der Waals surface area contributed by atoms with Crippen molar-refractivity contribution in [2.75, 3.05) is 0 Å². The van der Waals surface area contributed by atoms with Gasteiger partial charge in [0.15, 0.2) is 11.6 Å². The minimum absolute atomic E-state index is 0.00404. The van der Waals surface area contributed by atoms with Gasteiger partial charge in [-0.05, 0) is 44.2 Å². The molecule has 0 bridgehead atoms. The Balaban J connectivity index is 1.70. The number of hydrogen-bond acceptors (Lipinski definition) is 6. The molecule has 0 N–H and O–H groups in total. The first kappa shape index (κ1) is 21.2. The van der Waals surface area contributed by atoms with Crippen LogP contribution in [-0.2, 0) is 12.7 Å². The maximum Gasteiger partial charge on any atom is 0.442 e. The fourth-order valence-electron chi connectivity index (χ4n) is 3.48. The first-order valence-corrected chi connectivity index (χ1v) is 9.40. The molecular weight excluding hydrogens is 427 g/mol. The number of rotatable bonds is 5. The summed E-state index contributed by atoms with van der Waals surface area (Å²) in [7, 11) is 0. The third-order valence-electron chi connectivity index (χ3n) is 4.92. The minimum atomic E-state index is -4.49. The molecule has 0 aliphatic carbocycles. The Morgan fingerprint density at radius 2 is 1.81 bits per heavy atom. The highest BCUT2D eigenvalue weighted by atomic mass is 19.4. The smallest absolute Gasteiger partial charge is 0.318 e. The number of aryl methyl sites for hydroxylation is 1. The number of alkyl halides is 3. The van der Waals surface area contributed by atoms with Crippen LogP contribution in [0.25, 0.3) is 17.3 Å². The average Bonchev–Trinajstić information content (AvgIpc) is 3.27. The van der Waals surface area contributed by atoms with Crippen molar-refractivity contribution in [3.05, 3.63) is 81.9 Å². The standard InChI is InChI=1S/C21H16F3N5O3/c1-12-9-16(13(2)29(12)15-6-3-5-14(10-15)21(22,23)24)17(30)11-28-19(27-32-20(28)31)18-25-7-4-8-26-18/h3-10H,11H2,1-2H3. The molecule has 0 aliphatic heterocycles. The van der Waals surface area contributed by atoms with Gasteiger partial charge in [0.1, 0.15) is 0 Å². The van der Waals surface area contributed by atoms with Crippen molar-refractivity contribution in [1.29, 1.82) is 0 Å². The van der Waals surface area contributed by atoms with Crippen LogP contribution in [0.2, 0.25) is 0 Å². The number of nitrogens with zero attached hydrogens (tertiary/aromatic N) is 5. The molecule has 0 saturated carbocycles. The predicted octanol–water partition coefficient (Wildman–Crippen LogP) is 3.60. The Hall–Kier alpha value is -4.02. The van der Waals surface area contributed by atoms with Gasteiger partial charge < -0.3 is 4.57 Å². The number of carbonyl (C=O) groups excluding carboxylic acids is 1. The van der Waals surface area contributed by atoms with Crippen molar-refractivity contribution >= 4 is 5.78 Å². The lowest BCUT2D eigenvalue weighted by Crippen LogP contribution is -2.22. The Labute approximate surface area is 179 Å². The number of Topliss-reactive ketones (excluding diaryl/α,β-unsaturated/α-hetero) is 1. The van der Waals surface area contributed by atoms with Crippen LogP contribution >= 0.6 is 0 Å². The van der Waals surface area contributed by atoms with Crippen molar-refractivity contribution in [3.63, 3.8) is 0 Å². The summed E-state index contributed by atoms with van der Waals surface area (Å²) in [4.78, 5) is 33.1. The summed E-state index contributed by atoms with van der Waals surface area (Å²) in [6.07, 6.45) is -1.58. The second kappa shape index (κ2) is 7.91. The first-order valence-electron chi connectivity index (χ1n) is 9.40. The van der Waals surface area contributed by atoms with Gasteiger partial charge in [0.05, 0.1) is 12.1 Å². The van der Waals surface area contributed by atoms with Gasteiger partial charge in [0.2, 0.25) is 5.82 Å². The van der Waals surface area contributed by atoms with E-state index in [2.05, 4.69) is 19.6 Å². The van der Waals surface area contributed by atoms with E-state index in [0.29, 0.717) is 11.4 Å². The van der Waals surface area contributed by atoms with Crippen molar-refractivity contribution in [2.45, 2.75) is 26.6 Å². The van der Waals surface area contributed by atoms with E-state index in [1.165, 1.54) is 24.5 Å². The summed E-state index contributed by atoms with van der Waals surface area (Å²) in [6, 6.07) is 7.98. The highest BCUT2D eigenvalue weighted by Gasteiger charge is 2.31. The van der Waals surface area contributed by atoms with Crippen molar-refractivity contribution in [1.82, 2.24) is 24.3 Å². The molecule has 1 aromatic carbocycles. The second-order valence-electron chi connectivity index (χ2n) is 7.02. The van der Waals surface area contributed by atoms with E-state index in [4.69, 9.17) is 0 Å². The van der Waals surface area contributed by atoms with Crippen LogP contribution in [0.3, 0.4) is 0 Å². The van der Waals surface area contributed by atoms with Crippen molar-refractivity contribution in [2.24, 2.45) is 0 Å². The van der Waals surface area contributed by atoms with Gasteiger partial charge in [0.25, 0.3) is 0 Å². The molecule has 0 saturated heterocycles. The number of carbonyl (C=O) groups is 1. The van der Waals surface area contributed by atoms with Crippen molar-refractivity contribution in [3.8, 4) is 17.3 Å². The largest absolute Gasteiger partial charge is 0.442 e. The van der Waals surface area contributed by atoms with Crippen LogP contribution in [0.15, 0.2) is 58.1 Å². The van der Waals surface area contributed by atoms with E-state index in [-0.39, 0.29) is 22.9 Å². The lowest BCUT2D eigenvalue weighted by atomic mass is 10.1. The van der Waals surface area contributed by atoms with Crippen LogP contribution in [0, 0.1) is 13.8 Å². The summed E-state index contributed by atoms with van der Waals surface area (Å²) in [5.74, 6) is -1.19. The molecule has 0 amide bonds. The Kier molecular flexibility index (Phi) is 5.25. The third kappa shape index (κ3) is 3.84. The van der Waals surface area contributed by atoms with E-state index in [1.807, 2.05) is 0 Å². The number of ketones is 1. The molecule has 0 atom stereocenters. The molecule has 0 fully saturated rings. The SMILES string of the molecule is Cc1cc(C(=O)Cn2c(-c3ncccn3)noc2=O)c(C)n1-c1cccc(C(F)(F)F)c1. The molecule has 4 aromatic rings. The molecule has 32 heavy (non-hydrogen) atoms. The Bertz CT molecular complexity index is 1350. The number of halogens is 3. The zero-order chi connectivity index (χ0) is 23.0. The molecule has 0 aliphatic rings. The topological polar surface area (TPSA) is 95.8 Å². The maximum atomic E-state index is 13.1. The fourth-order valence-corrected chi connectivity index (χ4v) is 3.48. The Morgan fingerprint density at radius 3 is 2.50 bits per heavy atom. The van der Waals surface area contributed by atoms with Crippen LogP contribution in [0.4, 0.5) is 13.2 Å². The molecule has 164 valence electrons. The minimum Gasteiger partial charge on any atom is -0.318 e. The molecule has 4 rings (SSSR count). The Morgan fingerprint density at radius 1 is 1.09 bits per heavy atom. The molecule has 0 radical (unpaired) electrons. The predicted molar refractivity (Wildman–Crippen MR) is 106 cm³/mol. The third-order valence-corrected chi connectivity index (χ3v) is 4.92. The molecule has 0 unspecified atom stereocenters. The van der Waals surface area contributed by atoms with E-state index in [1.54, 1.807) is 30.5 Å². The maximum absolute atomic E-state index is 13.1. The van der Waals surface area contributed by atoms with Crippen LogP contribution < -0.4 is 5.76 Å². The van der Waals surface area contributed by atoms with E-state index in [9.17, 15) is 22.8 Å². The quantitative estimate of drug-likeness (QED) is 0.438. The fraction of sp³-hybridized carbons (Fsp3) is 0.190. The zero-order valence-electron chi connectivity index (χ0n) is 16.9. The molecule has 3 aromatic heterocycles. The van der Waals surface area contributed by atoms with Gasteiger partial charge in [-0.15, -0.1) is 0 Å². The summed E-state index contributed by atoms with van der Waals surface area (Å²) in [5.41, 5.74) is 0.740. The van der Waals surface area contributed by atoms with E-state index < -0.39 is 29.8 Å². The highest BCUT2D eigenvalue weighted by Crippen LogP contribution is 2.31. The number of benzene rings is 1. The number of hydrogen-bond donors (Lipinski definition) is 0. The second-order valence-corrected chi connectivity index (χ2v) is 7.02. The van der Waals surface area contributed by atoms with Gasteiger partial charge in [0, 0.05) is 35.0 Å². The molecule has 3 heterocycles. The summed E-state index contributed by atoms with van der Waals surface area (Å²) in [6.45, 7) is 2.90. The first-order chi connectivity index (χ1) is 15.2. The van der Waals surface area contributed by atoms with Crippen LogP contribution in [-0.4, -0.2) is 30.0 Å². The van der Waals surface area contributed by atoms with Crippen LogP contribution in [0.5, 0.6) is 0 Å². The summed E-state index contributed by atoms with van der Waals surface area (Å²) >= 11 is 0. The van der Waals surface area contributed by atoms with Crippen LogP contribution in [0.1, 0.15) is 27.3 Å². The monoisotopic (exact) mass is 443 g/mol. The van der Waals surface area contributed by atoms with Crippen molar-refractivity contribution < 1.29 is 22.5 Å². The lowest BCUT2D eigenvalue weighted by Gasteiger charge is -2.13. The van der Waals surface area contributed by atoms with Gasteiger partial charge in [-0.25, -0.2) is 19.3 Å². The number of aromatic nitrogens is 5. The van der Waals surface area contributed by atoms with Gasteiger partial charge in [-0.3, -0.25) is 9.32 Å².